The number of hydrogen-bond donors (Lipinski definition) is 1. The van der Waals surface area contributed by atoms with Crippen LogP contribution in [0.3, 0.4) is 0 Å². The Hall–Kier alpha value is -3.92. The average Bonchev–Trinajstić information content (AvgIpc) is 3.22. The smallest absolute Gasteiger partial charge is 0.505 e. The first-order valence-electron chi connectivity index (χ1n) is 11.1. The Morgan fingerprint density at radius 3 is 2.46 bits per heavy atom. The fourth-order valence-corrected chi connectivity index (χ4v) is 4.24. The number of carbonyl (C=O) groups excluding carboxylic acids is 1. The lowest BCUT2D eigenvalue weighted by Crippen LogP contribution is -2.58. The number of fused-ring (bicyclic) bond motifs is 2. The molecule has 0 saturated carbocycles. The Labute approximate surface area is 200 Å². The number of hydrogen-bond acceptors (Lipinski definition) is 10. The van der Waals surface area contributed by atoms with Crippen molar-refractivity contribution < 1.29 is 33.3 Å². The number of azo groups is 1. The van der Waals surface area contributed by atoms with Crippen molar-refractivity contribution in [1.29, 1.82) is 0 Å². The van der Waals surface area contributed by atoms with Crippen LogP contribution in [0.1, 0.15) is 26.3 Å². The van der Waals surface area contributed by atoms with Crippen LogP contribution >= 0.6 is 0 Å². The summed E-state index contributed by atoms with van der Waals surface area (Å²) in [6.45, 7) is 7.36. The fraction of sp³-hybridized carbons (Fsp3) is 0.360. The maximum Gasteiger partial charge on any atom is 0.509 e. The molecule has 2 aliphatic rings. The Morgan fingerprint density at radius 1 is 1.00 bits per heavy atom. The van der Waals surface area contributed by atoms with Gasteiger partial charge in [0.05, 0.1) is 16.7 Å². The molecule has 3 aromatic rings. The van der Waals surface area contributed by atoms with Gasteiger partial charge in [0.25, 0.3) is 0 Å². The lowest BCUT2D eigenvalue weighted by molar-refractivity contribution is -0.260. The van der Waals surface area contributed by atoms with Crippen molar-refractivity contribution in [3.63, 3.8) is 0 Å². The Bertz CT molecular complexity index is 1380. The second-order valence-electron chi connectivity index (χ2n) is 9.10. The van der Waals surface area contributed by atoms with Gasteiger partial charge < -0.3 is 28.5 Å². The highest BCUT2D eigenvalue weighted by atomic mass is 16.8. The van der Waals surface area contributed by atoms with E-state index in [4.69, 9.17) is 23.4 Å². The minimum absolute atomic E-state index is 0.128. The Balaban J connectivity index is 1.49. The molecule has 10 heteroatoms. The van der Waals surface area contributed by atoms with Crippen LogP contribution in [0.25, 0.3) is 11.0 Å². The van der Waals surface area contributed by atoms with Crippen LogP contribution < -0.4 is 10.4 Å². The highest BCUT2D eigenvalue weighted by molar-refractivity contribution is 5.90. The van der Waals surface area contributed by atoms with Crippen LogP contribution in [0.2, 0.25) is 0 Å². The van der Waals surface area contributed by atoms with Crippen molar-refractivity contribution in [3.8, 4) is 11.5 Å². The zero-order valence-electron chi connectivity index (χ0n) is 19.6. The molecule has 1 N–H and O–H groups in total. The number of ether oxygens (including phenoxy) is 4. The van der Waals surface area contributed by atoms with Gasteiger partial charge in [0.1, 0.15) is 11.3 Å². The molecule has 0 spiro atoms. The van der Waals surface area contributed by atoms with Crippen LogP contribution in [-0.4, -0.2) is 35.4 Å². The highest BCUT2D eigenvalue weighted by Crippen LogP contribution is 2.42. The largest absolute Gasteiger partial charge is 0.509 e. The molecule has 2 aromatic carbocycles. The fourth-order valence-electron chi connectivity index (χ4n) is 4.24. The van der Waals surface area contributed by atoms with Gasteiger partial charge in [0.2, 0.25) is 18.1 Å². The monoisotopic (exact) mass is 480 g/mol. The van der Waals surface area contributed by atoms with E-state index in [1.54, 1.807) is 43.3 Å². The zero-order valence-corrected chi connectivity index (χ0v) is 19.6. The summed E-state index contributed by atoms with van der Waals surface area (Å²) in [4.78, 5) is 24.4. The average molecular weight is 480 g/mol. The molecule has 0 amide bonds. The quantitative estimate of drug-likeness (QED) is 0.303. The molecule has 0 aliphatic carbocycles. The van der Waals surface area contributed by atoms with Gasteiger partial charge in [-0.05, 0) is 45.0 Å². The lowest BCUT2D eigenvalue weighted by Gasteiger charge is -2.44. The maximum atomic E-state index is 12.6. The molecular formula is C25H24N2O8. The molecular weight excluding hydrogens is 456 g/mol. The van der Waals surface area contributed by atoms with Crippen LogP contribution in [0.5, 0.6) is 11.5 Å². The summed E-state index contributed by atoms with van der Waals surface area (Å²) in [7, 11) is 0. The number of nitrogens with zero attached hydrogens (tertiary/aromatic N) is 2. The predicted molar refractivity (Wildman–Crippen MR) is 123 cm³/mol. The van der Waals surface area contributed by atoms with Gasteiger partial charge >= 0.3 is 11.8 Å². The standard InChI is InChI=1S/C25H24N2O8/c1-12-16(31-23-21-20(33-24(30)34-21)13(2)25(3,4)35-23)11-10-15-18(28)17(22(29)32-19(12)15)27-26-14-8-6-5-7-9-14/h5-11,13,20-21,23,28H,1-4H3/t13-,20-,21+,23?/m1/s1. The number of benzene rings is 2. The van der Waals surface area contributed by atoms with Crippen LogP contribution in [0.4, 0.5) is 16.2 Å². The topological polar surface area (TPSA) is 129 Å². The van der Waals surface area contributed by atoms with Gasteiger partial charge in [-0.15, -0.1) is 5.11 Å². The minimum atomic E-state index is -0.951. The van der Waals surface area contributed by atoms with Crippen LogP contribution in [0.15, 0.2) is 61.9 Å². The molecule has 0 bridgehead atoms. The van der Waals surface area contributed by atoms with Crippen molar-refractivity contribution in [2.45, 2.75) is 51.8 Å². The van der Waals surface area contributed by atoms with Crippen molar-refractivity contribution in [1.82, 2.24) is 0 Å². The van der Waals surface area contributed by atoms with E-state index < -0.39 is 35.9 Å². The van der Waals surface area contributed by atoms with Crippen LogP contribution in [0, 0.1) is 12.8 Å². The SMILES string of the molecule is Cc1c(OC2OC(C)(C)[C@H](C)[C@H]3OC(=O)O[C@H]23)ccc2c(O)c(N=Nc3ccccc3)c(=O)oc12. The van der Waals surface area contributed by atoms with E-state index in [2.05, 4.69) is 10.2 Å². The van der Waals surface area contributed by atoms with E-state index >= 15 is 0 Å². The summed E-state index contributed by atoms with van der Waals surface area (Å²) in [5.74, 6) is -0.154. The third-order valence-corrected chi connectivity index (χ3v) is 6.55. The molecule has 1 unspecified atom stereocenters. The summed E-state index contributed by atoms with van der Waals surface area (Å²) < 4.78 is 28.3. The van der Waals surface area contributed by atoms with Crippen molar-refractivity contribution in [2.75, 3.05) is 0 Å². The first kappa shape index (κ1) is 22.9. The van der Waals surface area contributed by atoms with Gasteiger partial charge in [0.15, 0.2) is 11.9 Å². The van der Waals surface area contributed by atoms with E-state index in [1.807, 2.05) is 26.8 Å². The zero-order chi connectivity index (χ0) is 24.9. The van der Waals surface area contributed by atoms with Gasteiger partial charge in [-0.1, -0.05) is 25.1 Å². The van der Waals surface area contributed by atoms with Gasteiger partial charge in [-0.2, -0.15) is 5.11 Å². The molecule has 0 radical (unpaired) electrons. The maximum absolute atomic E-state index is 12.6. The molecule has 2 fully saturated rings. The molecule has 2 saturated heterocycles. The van der Waals surface area contributed by atoms with Gasteiger partial charge in [-0.25, -0.2) is 9.59 Å². The molecule has 3 heterocycles. The predicted octanol–water partition coefficient (Wildman–Crippen LogP) is 5.28. The molecule has 10 nitrogen and oxygen atoms in total. The van der Waals surface area contributed by atoms with E-state index in [9.17, 15) is 14.7 Å². The van der Waals surface area contributed by atoms with E-state index in [-0.39, 0.29) is 28.3 Å². The van der Waals surface area contributed by atoms with Gasteiger partial charge in [0, 0.05) is 11.5 Å². The first-order chi connectivity index (χ1) is 16.7. The van der Waals surface area contributed by atoms with Crippen molar-refractivity contribution in [3.05, 3.63) is 58.4 Å². The number of aryl methyl sites for hydroxylation is 1. The van der Waals surface area contributed by atoms with Gasteiger partial charge in [-0.3, -0.25) is 0 Å². The Kier molecular flexibility index (Phi) is 5.47. The highest BCUT2D eigenvalue weighted by Gasteiger charge is 2.56. The third-order valence-electron chi connectivity index (χ3n) is 6.55. The second-order valence-corrected chi connectivity index (χ2v) is 9.10. The van der Waals surface area contributed by atoms with Crippen molar-refractivity contribution in [2.24, 2.45) is 16.1 Å². The summed E-state index contributed by atoms with van der Waals surface area (Å²) in [6, 6.07) is 12.0. The lowest BCUT2D eigenvalue weighted by atomic mass is 9.82. The Morgan fingerprint density at radius 2 is 1.71 bits per heavy atom. The minimum Gasteiger partial charge on any atom is -0.505 e. The molecule has 35 heavy (non-hydrogen) atoms. The summed E-state index contributed by atoms with van der Waals surface area (Å²) in [6.07, 6.45) is -3.02. The van der Waals surface area contributed by atoms with Crippen LogP contribution in [-0.2, 0) is 14.2 Å². The van der Waals surface area contributed by atoms with E-state index in [0.29, 0.717) is 17.0 Å². The molecule has 1 aromatic heterocycles. The van der Waals surface area contributed by atoms with Crippen molar-refractivity contribution >= 4 is 28.5 Å². The second kappa shape index (κ2) is 8.38. The number of rotatable bonds is 4. The normalized spacial score (nSPS) is 25.3. The third kappa shape index (κ3) is 3.99. The summed E-state index contributed by atoms with van der Waals surface area (Å²) >= 11 is 0. The summed E-state index contributed by atoms with van der Waals surface area (Å²) in [5, 5.41) is 18.9. The number of carbonyl (C=O) groups is 1. The molecule has 182 valence electrons. The molecule has 5 rings (SSSR count). The molecule has 2 aliphatic heterocycles. The first-order valence-corrected chi connectivity index (χ1v) is 11.1. The molecule has 4 atom stereocenters. The van der Waals surface area contributed by atoms with E-state index in [0.717, 1.165) is 0 Å². The summed E-state index contributed by atoms with van der Waals surface area (Å²) in [5.41, 5.74) is -0.721. The number of aromatic hydroxyl groups is 1. The van der Waals surface area contributed by atoms with E-state index in [1.165, 1.54) is 0 Å².